The lowest BCUT2D eigenvalue weighted by Crippen LogP contribution is -2.60. The lowest BCUT2D eigenvalue weighted by Gasteiger charge is -2.35. The number of nitrogens with one attached hydrogen (secondary N) is 3. The predicted molar refractivity (Wildman–Crippen MR) is 196 cm³/mol. The molecule has 3 saturated carbocycles. The zero-order valence-electron chi connectivity index (χ0n) is 30.2. The first-order valence-electron chi connectivity index (χ1n) is 18.1. The smallest absolute Gasteiger partial charge is 0.408 e. The van der Waals surface area contributed by atoms with Gasteiger partial charge in [0, 0.05) is 23.8 Å². The summed E-state index contributed by atoms with van der Waals surface area (Å²) in [6, 6.07) is 5.51. The standard InChI is InChI=1S/C37H49N5O8S2/c1-6-23-19-37(23,34(45)41-52(47,48)25-16-17-25)40-31(43)28-18-22(27-21-51-32(38-27)26-14-10-11-15-29(26)49-7-2)20-42(28)33(44)30(36(3,4)5)39-35(46)50-24-12-8-9-13-24/h6,10-11,14-15,21-25,28,30H,1,7-9,12-13,16-20H2,2-5H3,(H,39,46)(H,40,43)(H,41,45)/t22-,23-,28+,30-,37-/m1/s1. The highest BCUT2D eigenvalue weighted by molar-refractivity contribution is 7.91. The van der Waals surface area contributed by atoms with Gasteiger partial charge in [-0.05, 0) is 75.8 Å². The molecule has 1 saturated heterocycles. The van der Waals surface area contributed by atoms with Crippen molar-refractivity contribution in [3.63, 3.8) is 0 Å². The minimum Gasteiger partial charge on any atom is -0.493 e. The Hall–Kier alpha value is -3.98. The molecule has 1 aromatic carbocycles. The summed E-state index contributed by atoms with van der Waals surface area (Å²) >= 11 is 1.43. The summed E-state index contributed by atoms with van der Waals surface area (Å²) in [5, 5.41) is 7.66. The van der Waals surface area contributed by atoms with E-state index in [2.05, 4.69) is 21.9 Å². The quantitative estimate of drug-likeness (QED) is 0.246. The van der Waals surface area contributed by atoms with Crippen LogP contribution in [0, 0.1) is 11.3 Å². The zero-order valence-corrected chi connectivity index (χ0v) is 31.8. The van der Waals surface area contributed by atoms with Crippen molar-refractivity contribution < 1.29 is 37.1 Å². The Morgan fingerprint density at radius 2 is 1.85 bits per heavy atom. The van der Waals surface area contributed by atoms with Crippen LogP contribution >= 0.6 is 11.3 Å². The first-order valence-corrected chi connectivity index (χ1v) is 20.5. The van der Waals surface area contributed by atoms with E-state index in [-0.39, 0.29) is 31.4 Å². The van der Waals surface area contributed by atoms with E-state index in [1.54, 1.807) is 0 Å². The number of hydrogen-bond acceptors (Lipinski definition) is 10. The van der Waals surface area contributed by atoms with Gasteiger partial charge in [-0.1, -0.05) is 39.0 Å². The summed E-state index contributed by atoms with van der Waals surface area (Å²) in [4.78, 5) is 61.9. The van der Waals surface area contributed by atoms with Gasteiger partial charge in [0.15, 0.2) is 0 Å². The van der Waals surface area contributed by atoms with Crippen molar-refractivity contribution in [3.05, 3.63) is 48.0 Å². The molecule has 2 heterocycles. The number of amides is 4. The van der Waals surface area contributed by atoms with Gasteiger partial charge in [-0.3, -0.25) is 19.1 Å². The molecule has 1 aliphatic heterocycles. The fraction of sp³-hybridized carbons (Fsp3) is 0.595. The number of aromatic nitrogens is 1. The van der Waals surface area contributed by atoms with Crippen LogP contribution in [0.2, 0.25) is 0 Å². The summed E-state index contributed by atoms with van der Waals surface area (Å²) in [6.07, 6.45) is 5.42. The maximum atomic E-state index is 14.6. The molecule has 3 N–H and O–H groups in total. The Kier molecular flexibility index (Phi) is 10.8. The molecule has 15 heteroatoms. The number of carbonyl (C=O) groups is 4. The van der Waals surface area contributed by atoms with Crippen LogP contribution in [0.15, 0.2) is 42.3 Å². The number of alkyl carbamates (subject to hydrolysis) is 1. The fourth-order valence-corrected chi connectivity index (χ4v) is 9.50. The lowest BCUT2D eigenvalue weighted by atomic mass is 9.85. The van der Waals surface area contributed by atoms with Gasteiger partial charge < -0.3 is 25.0 Å². The number of nitrogens with zero attached hydrogens (tertiary/aromatic N) is 2. The second-order valence-corrected chi connectivity index (χ2v) is 18.2. The van der Waals surface area contributed by atoms with Crippen LogP contribution in [-0.2, 0) is 29.1 Å². The van der Waals surface area contributed by atoms with Crippen LogP contribution in [0.5, 0.6) is 5.75 Å². The van der Waals surface area contributed by atoms with E-state index in [9.17, 15) is 27.6 Å². The number of carbonyl (C=O) groups excluding carboxylic acids is 4. The van der Waals surface area contributed by atoms with Crippen LogP contribution in [-0.4, -0.2) is 84.2 Å². The van der Waals surface area contributed by atoms with Crippen LogP contribution in [0.3, 0.4) is 0 Å². The molecule has 52 heavy (non-hydrogen) atoms. The Balaban J connectivity index is 1.28. The fourth-order valence-electron chi connectivity index (χ4n) is 7.21. The Morgan fingerprint density at radius 3 is 2.48 bits per heavy atom. The number of thiazole rings is 1. The molecule has 1 aromatic heterocycles. The molecule has 0 unspecified atom stereocenters. The molecule has 5 atom stereocenters. The highest BCUT2D eigenvalue weighted by Gasteiger charge is 2.62. The Bertz CT molecular complexity index is 1810. The average Bonchev–Trinajstić information content (AvgIpc) is 3.86. The second kappa shape index (κ2) is 14.8. The number of rotatable bonds is 13. The first kappa shape index (κ1) is 37.8. The first-order chi connectivity index (χ1) is 24.7. The highest BCUT2D eigenvalue weighted by atomic mass is 32.2. The molecule has 0 radical (unpaired) electrons. The molecular formula is C37H49N5O8S2. The van der Waals surface area contributed by atoms with Crippen LogP contribution in [0.25, 0.3) is 10.6 Å². The van der Waals surface area contributed by atoms with Crippen LogP contribution < -0.4 is 20.1 Å². The minimum atomic E-state index is -3.88. The van der Waals surface area contributed by atoms with E-state index in [1.165, 1.54) is 22.3 Å². The molecule has 2 aromatic rings. The van der Waals surface area contributed by atoms with Crippen molar-refractivity contribution >= 4 is 45.2 Å². The normalized spacial score (nSPS) is 25.2. The summed E-state index contributed by atoms with van der Waals surface area (Å²) in [6.45, 7) is 11.8. The van der Waals surface area contributed by atoms with Crippen LogP contribution in [0.1, 0.15) is 90.7 Å². The van der Waals surface area contributed by atoms with Gasteiger partial charge >= 0.3 is 6.09 Å². The predicted octanol–water partition coefficient (Wildman–Crippen LogP) is 4.65. The Labute approximate surface area is 309 Å². The molecular weight excluding hydrogens is 707 g/mol. The molecule has 3 aliphatic carbocycles. The molecule has 4 aliphatic rings. The third-order valence-corrected chi connectivity index (χ3v) is 13.2. The zero-order chi connectivity index (χ0) is 37.4. The summed E-state index contributed by atoms with van der Waals surface area (Å²) < 4.78 is 39.1. The van der Waals surface area contributed by atoms with Crippen molar-refractivity contribution in [2.45, 2.75) is 114 Å². The van der Waals surface area contributed by atoms with Gasteiger partial charge in [0.25, 0.3) is 5.91 Å². The Morgan fingerprint density at radius 1 is 1.13 bits per heavy atom. The number of hydrogen-bond donors (Lipinski definition) is 3. The summed E-state index contributed by atoms with van der Waals surface area (Å²) in [7, 11) is -3.88. The highest BCUT2D eigenvalue weighted by Crippen LogP contribution is 2.46. The molecule has 13 nitrogen and oxygen atoms in total. The van der Waals surface area contributed by atoms with E-state index >= 15 is 0 Å². The number of sulfonamides is 1. The molecule has 0 bridgehead atoms. The topological polar surface area (TPSA) is 173 Å². The third-order valence-electron chi connectivity index (χ3n) is 10.4. The van der Waals surface area contributed by atoms with Gasteiger partial charge in [0.1, 0.15) is 34.5 Å². The van der Waals surface area contributed by atoms with Crippen molar-refractivity contribution in [1.29, 1.82) is 0 Å². The maximum absolute atomic E-state index is 14.6. The lowest BCUT2D eigenvalue weighted by molar-refractivity contribution is -0.142. The molecule has 4 fully saturated rings. The largest absolute Gasteiger partial charge is 0.493 e. The minimum absolute atomic E-state index is 0.124. The van der Waals surface area contributed by atoms with Gasteiger partial charge in [0.2, 0.25) is 21.8 Å². The molecule has 282 valence electrons. The second-order valence-electron chi connectivity index (χ2n) is 15.4. The average molecular weight is 756 g/mol. The van der Waals surface area contributed by atoms with Crippen molar-refractivity contribution in [2.24, 2.45) is 11.3 Å². The molecule has 6 rings (SSSR count). The van der Waals surface area contributed by atoms with Crippen LogP contribution in [0.4, 0.5) is 4.79 Å². The van der Waals surface area contributed by atoms with Crippen molar-refractivity contribution in [3.8, 4) is 16.3 Å². The van der Waals surface area contributed by atoms with E-state index in [0.29, 0.717) is 30.9 Å². The van der Waals surface area contributed by atoms with Gasteiger partial charge in [-0.15, -0.1) is 17.9 Å². The third kappa shape index (κ3) is 7.99. The number of ether oxygens (including phenoxy) is 2. The SMILES string of the molecule is C=C[C@@H]1C[C@]1(NC(=O)[C@@H]1C[C@@H](c2csc(-c3ccccc3OCC)n2)CN1C(=O)[C@@H](NC(=O)OC1CCCC1)C(C)(C)C)C(=O)NS(=O)(=O)C1CC1. The molecule has 4 amide bonds. The van der Waals surface area contributed by atoms with Crippen molar-refractivity contribution in [2.75, 3.05) is 13.2 Å². The van der Waals surface area contributed by atoms with Gasteiger partial charge in [-0.25, -0.2) is 18.2 Å². The summed E-state index contributed by atoms with van der Waals surface area (Å²) in [5.41, 5.74) is -0.753. The number of para-hydroxylation sites is 1. The maximum Gasteiger partial charge on any atom is 0.408 e. The number of benzene rings is 1. The van der Waals surface area contributed by atoms with Gasteiger partial charge in [0.05, 0.1) is 23.1 Å². The number of likely N-dealkylation sites (tertiary alicyclic amines) is 1. The van der Waals surface area contributed by atoms with E-state index in [1.807, 2.05) is 57.3 Å². The monoisotopic (exact) mass is 755 g/mol. The van der Waals surface area contributed by atoms with Gasteiger partial charge in [-0.2, -0.15) is 0 Å². The molecule has 0 spiro atoms. The van der Waals surface area contributed by atoms with E-state index < -0.39 is 68.0 Å². The van der Waals surface area contributed by atoms with E-state index in [0.717, 1.165) is 36.3 Å². The summed E-state index contributed by atoms with van der Waals surface area (Å²) in [5.74, 6) is -2.04. The van der Waals surface area contributed by atoms with Crippen molar-refractivity contribution in [1.82, 2.24) is 25.2 Å². The van der Waals surface area contributed by atoms with E-state index in [4.69, 9.17) is 14.5 Å².